The van der Waals surface area contributed by atoms with Crippen LogP contribution < -0.4 is 5.32 Å². The number of rotatable bonds is 6. The van der Waals surface area contributed by atoms with Crippen molar-refractivity contribution >= 4 is 9.84 Å². The van der Waals surface area contributed by atoms with Gasteiger partial charge in [0, 0.05) is 18.3 Å². The Balaban J connectivity index is 2.41. The third kappa shape index (κ3) is 4.86. The van der Waals surface area contributed by atoms with E-state index in [2.05, 4.69) is 31.0 Å². The van der Waals surface area contributed by atoms with E-state index in [-0.39, 0.29) is 0 Å². The molecule has 1 saturated heterocycles. The minimum absolute atomic E-state index is 0.307. The predicted octanol–water partition coefficient (Wildman–Crippen LogP) is 1.13. The van der Waals surface area contributed by atoms with Crippen LogP contribution in [0.4, 0.5) is 0 Å². The Morgan fingerprint density at radius 2 is 2.00 bits per heavy atom. The van der Waals surface area contributed by atoms with Crippen LogP contribution in [0.2, 0.25) is 0 Å². The number of hydrogen-bond acceptors (Lipinski definition) is 4. The van der Waals surface area contributed by atoms with Gasteiger partial charge in [0.15, 0.2) is 0 Å². The zero-order valence-corrected chi connectivity index (χ0v) is 13.0. The first-order valence-electron chi connectivity index (χ1n) is 7.00. The lowest BCUT2D eigenvalue weighted by Gasteiger charge is -2.43. The number of nitrogens with zero attached hydrogens (tertiary/aromatic N) is 1. The smallest absolute Gasteiger partial charge is 0.147 e. The number of likely N-dealkylation sites (tertiary alicyclic amines) is 1. The number of sulfone groups is 1. The van der Waals surface area contributed by atoms with Gasteiger partial charge in [-0.1, -0.05) is 13.8 Å². The van der Waals surface area contributed by atoms with Gasteiger partial charge in [0.1, 0.15) is 9.84 Å². The van der Waals surface area contributed by atoms with Gasteiger partial charge in [0.25, 0.3) is 0 Å². The SMILES string of the molecule is CCNC1CCN(CCCS(C)(=O)=O)C(C)C1C. The van der Waals surface area contributed by atoms with Gasteiger partial charge in [-0.3, -0.25) is 0 Å². The normalized spacial score (nSPS) is 30.6. The molecule has 3 atom stereocenters. The largest absolute Gasteiger partial charge is 0.314 e. The maximum absolute atomic E-state index is 11.1. The van der Waals surface area contributed by atoms with Crippen molar-refractivity contribution in [1.82, 2.24) is 10.2 Å². The Bertz CT molecular complexity index is 343. The molecule has 4 nitrogen and oxygen atoms in total. The Labute approximate surface area is 112 Å². The summed E-state index contributed by atoms with van der Waals surface area (Å²) in [5, 5.41) is 3.54. The van der Waals surface area contributed by atoms with E-state index in [1.807, 2.05) is 0 Å². The Kier molecular flexibility index (Phi) is 6.08. The first-order chi connectivity index (χ1) is 8.35. The lowest BCUT2D eigenvalue weighted by Crippen LogP contribution is -2.53. The fraction of sp³-hybridized carbons (Fsp3) is 1.00. The van der Waals surface area contributed by atoms with E-state index in [1.54, 1.807) is 0 Å². The van der Waals surface area contributed by atoms with Crippen LogP contribution in [0.3, 0.4) is 0 Å². The monoisotopic (exact) mass is 276 g/mol. The molecule has 0 aromatic rings. The molecule has 0 saturated carbocycles. The Morgan fingerprint density at radius 1 is 1.33 bits per heavy atom. The second-order valence-electron chi connectivity index (χ2n) is 5.57. The van der Waals surface area contributed by atoms with Crippen molar-refractivity contribution in [1.29, 1.82) is 0 Å². The highest BCUT2D eigenvalue weighted by Gasteiger charge is 2.31. The van der Waals surface area contributed by atoms with Crippen LogP contribution in [0, 0.1) is 5.92 Å². The third-order valence-corrected chi connectivity index (χ3v) is 5.16. The van der Waals surface area contributed by atoms with Crippen LogP contribution >= 0.6 is 0 Å². The van der Waals surface area contributed by atoms with E-state index < -0.39 is 9.84 Å². The quantitative estimate of drug-likeness (QED) is 0.790. The average molecular weight is 276 g/mol. The molecule has 0 bridgehead atoms. The van der Waals surface area contributed by atoms with Gasteiger partial charge in [-0.2, -0.15) is 0 Å². The summed E-state index contributed by atoms with van der Waals surface area (Å²) in [7, 11) is -2.81. The Hall–Kier alpha value is -0.130. The van der Waals surface area contributed by atoms with Crippen LogP contribution in [0.1, 0.15) is 33.6 Å². The topological polar surface area (TPSA) is 49.4 Å². The molecule has 1 aliphatic heterocycles. The molecule has 3 unspecified atom stereocenters. The molecule has 5 heteroatoms. The van der Waals surface area contributed by atoms with Crippen molar-refractivity contribution < 1.29 is 8.42 Å². The lowest BCUT2D eigenvalue weighted by atomic mass is 9.87. The van der Waals surface area contributed by atoms with Gasteiger partial charge >= 0.3 is 0 Å². The summed E-state index contributed by atoms with van der Waals surface area (Å²) in [5.74, 6) is 0.929. The van der Waals surface area contributed by atoms with Crippen molar-refractivity contribution in [3.05, 3.63) is 0 Å². The van der Waals surface area contributed by atoms with E-state index in [4.69, 9.17) is 0 Å². The molecule has 1 aliphatic rings. The molecule has 1 fully saturated rings. The van der Waals surface area contributed by atoms with Gasteiger partial charge in [-0.15, -0.1) is 0 Å². The summed E-state index contributed by atoms with van der Waals surface area (Å²) in [5.41, 5.74) is 0. The zero-order valence-electron chi connectivity index (χ0n) is 12.1. The Morgan fingerprint density at radius 3 is 2.56 bits per heavy atom. The molecule has 0 aliphatic carbocycles. The van der Waals surface area contributed by atoms with Crippen molar-refractivity contribution in [2.45, 2.75) is 45.7 Å². The van der Waals surface area contributed by atoms with Crippen LogP contribution in [0.25, 0.3) is 0 Å². The second-order valence-corrected chi connectivity index (χ2v) is 7.83. The van der Waals surface area contributed by atoms with Gasteiger partial charge in [0.05, 0.1) is 5.75 Å². The molecular weight excluding hydrogens is 248 g/mol. The zero-order chi connectivity index (χ0) is 13.8. The standard InChI is InChI=1S/C13H28N2O2S/c1-5-14-13-7-9-15(12(3)11(13)2)8-6-10-18(4,16)17/h11-14H,5-10H2,1-4H3. The van der Waals surface area contributed by atoms with E-state index in [0.717, 1.165) is 32.5 Å². The maximum Gasteiger partial charge on any atom is 0.147 e. The second kappa shape index (κ2) is 6.87. The lowest BCUT2D eigenvalue weighted by molar-refractivity contribution is 0.0859. The van der Waals surface area contributed by atoms with Crippen molar-refractivity contribution in [2.24, 2.45) is 5.92 Å². The van der Waals surface area contributed by atoms with E-state index in [0.29, 0.717) is 23.8 Å². The minimum atomic E-state index is -2.81. The molecule has 1 N–H and O–H groups in total. The molecule has 0 spiro atoms. The number of piperidine rings is 1. The third-order valence-electron chi connectivity index (χ3n) is 4.13. The summed E-state index contributed by atoms with van der Waals surface area (Å²) >= 11 is 0. The molecule has 0 aromatic carbocycles. The highest BCUT2D eigenvalue weighted by molar-refractivity contribution is 7.90. The molecule has 1 heterocycles. The first kappa shape index (κ1) is 15.9. The van der Waals surface area contributed by atoms with Crippen molar-refractivity contribution in [3.63, 3.8) is 0 Å². The van der Waals surface area contributed by atoms with Crippen LogP contribution in [0.5, 0.6) is 0 Å². The minimum Gasteiger partial charge on any atom is -0.314 e. The van der Waals surface area contributed by atoms with E-state index in [1.165, 1.54) is 6.26 Å². The summed E-state index contributed by atoms with van der Waals surface area (Å²) in [4.78, 5) is 2.43. The fourth-order valence-corrected chi connectivity index (χ4v) is 3.49. The molecular formula is C13H28N2O2S. The highest BCUT2D eigenvalue weighted by Crippen LogP contribution is 2.23. The van der Waals surface area contributed by atoms with Crippen molar-refractivity contribution in [3.8, 4) is 0 Å². The summed E-state index contributed by atoms with van der Waals surface area (Å²) in [6.07, 6.45) is 3.23. The van der Waals surface area contributed by atoms with Crippen LogP contribution in [-0.4, -0.2) is 57.0 Å². The van der Waals surface area contributed by atoms with E-state index >= 15 is 0 Å². The highest BCUT2D eigenvalue weighted by atomic mass is 32.2. The fourth-order valence-electron chi connectivity index (χ4n) is 2.84. The number of nitrogens with one attached hydrogen (secondary N) is 1. The molecule has 0 aromatic heterocycles. The predicted molar refractivity (Wildman–Crippen MR) is 76.6 cm³/mol. The molecule has 1 rings (SSSR count). The summed E-state index contributed by atoms with van der Waals surface area (Å²) in [6, 6.07) is 1.14. The van der Waals surface area contributed by atoms with Crippen LogP contribution in [0.15, 0.2) is 0 Å². The first-order valence-corrected chi connectivity index (χ1v) is 9.06. The number of hydrogen-bond donors (Lipinski definition) is 1. The molecule has 0 amide bonds. The van der Waals surface area contributed by atoms with Gasteiger partial charge in [-0.05, 0) is 45.3 Å². The molecule has 0 radical (unpaired) electrons. The summed E-state index contributed by atoms with van der Waals surface area (Å²) in [6.45, 7) is 9.70. The average Bonchev–Trinajstić information content (AvgIpc) is 2.27. The molecule has 18 heavy (non-hydrogen) atoms. The maximum atomic E-state index is 11.1. The van der Waals surface area contributed by atoms with Gasteiger partial charge < -0.3 is 10.2 Å². The van der Waals surface area contributed by atoms with Gasteiger partial charge in [-0.25, -0.2) is 8.42 Å². The van der Waals surface area contributed by atoms with E-state index in [9.17, 15) is 8.42 Å². The molecule has 108 valence electrons. The van der Waals surface area contributed by atoms with Gasteiger partial charge in [0.2, 0.25) is 0 Å². The van der Waals surface area contributed by atoms with Crippen molar-refractivity contribution in [2.75, 3.05) is 31.6 Å². The van der Waals surface area contributed by atoms with Crippen LogP contribution in [-0.2, 0) is 9.84 Å². The summed E-state index contributed by atoms with van der Waals surface area (Å²) < 4.78 is 22.3.